The minimum atomic E-state index is 0.0989. The number of amides is 1. The lowest BCUT2D eigenvalue weighted by molar-refractivity contribution is -0.116. The molecule has 0 spiro atoms. The number of para-hydroxylation sites is 1. The molecule has 0 radical (unpaired) electrons. The number of benzene rings is 2. The third-order valence-electron chi connectivity index (χ3n) is 5.97. The van der Waals surface area contributed by atoms with E-state index in [0.29, 0.717) is 17.3 Å². The van der Waals surface area contributed by atoms with Crippen molar-refractivity contribution in [1.29, 1.82) is 0 Å². The molecular weight excluding hydrogens is 444 g/mol. The van der Waals surface area contributed by atoms with Crippen LogP contribution in [0, 0.1) is 0 Å². The highest BCUT2D eigenvalue weighted by Crippen LogP contribution is 2.30. The van der Waals surface area contributed by atoms with E-state index < -0.39 is 0 Å². The second-order valence-corrected chi connectivity index (χ2v) is 9.50. The lowest BCUT2D eigenvalue weighted by atomic mass is 10.0. The van der Waals surface area contributed by atoms with E-state index in [1.807, 2.05) is 47.4 Å². The van der Waals surface area contributed by atoms with Gasteiger partial charge < -0.3 is 9.64 Å². The summed E-state index contributed by atoms with van der Waals surface area (Å²) in [6.45, 7) is 2.22. The van der Waals surface area contributed by atoms with Crippen molar-refractivity contribution in [2.45, 2.75) is 43.5 Å². The number of hydrogen-bond donors (Lipinski definition) is 0. The Bertz CT molecular complexity index is 1100. The summed E-state index contributed by atoms with van der Waals surface area (Å²) in [5.41, 5.74) is 3.22. The molecule has 3 aromatic rings. The van der Waals surface area contributed by atoms with E-state index in [1.54, 1.807) is 0 Å². The molecule has 0 bridgehead atoms. The Morgan fingerprint density at radius 1 is 1.12 bits per heavy atom. The molecule has 166 valence electrons. The Morgan fingerprint density at radius 2 is 1.97 bits per heavy atom. The first-order chi connectivity index (χ1) is 15.7. The summed E-state index contributed by atoms with van der Waals surface area (Å²) < 4.78 is 7.95. The van der Waals surface area contributed by atoms with Gasteiger partial charge in [0.1, 0.15) is 0 Å². The van der Waals surface area contributed by atoms with Crippen molar-refractivity contribution in [2.75, 3.05) is 23.8 Å². The van der Waals surface area contributed by atoms with Crippen LogP contribution in [0.4, 0.5) is 5.69 Å². The molecule has 2 aliphatic rings. The largest absolute Gasteiger partial charge is 0.376 e. The zero-order chi connectivity index (χ0) is 21.9. The number of nitrogens with zero attached hydrogens (tertiary/aromatic N) is 4. The summed E-state index contributed by atoms with van der Waals surface area (Å²) in [6, 6.07) is 15.8. The van der Waals surface area contributed by atoms with Gasteiger partial charge in [-0.15, -0.1) is 10.2 Å². The monoisotopic (exact) mass is 468 g/mol. The quantitative estimate of drug-likeness (QED) is 0.484. The predicted molar refractivity (Wildman–Crippen MR) is 127 cm³/mol. The van der Waals surface area contributed by atoms with Gasteiger partial charge >= 0.3 is 0 Å². The molecule has 1 aromatic heterocycles. The van der Waals surface area contributed by atoms with Crippen LogP contribution >= 0.6 is 23.4 Å². The van der Waals surface area contributed by atoms with Crippen molar-refractivity contribution in [2.24, 2.45) is 0 Å². The number of ether oxygens (including phenoxy) is 1. The molecule has 0 N–H and O–H groups in total. The lowest BCUT2D eigenvalue weighted by Gasteiger charge is -2.29. The van der Waals surface area contributed by atoms with Crippen LogP contribution in [0.5, 0.6) is 0 Å². The summed E-state index contributed by atoms with van der Waals surface area (Å²) in [4.78, 5) is 15.0. The van der Waals surface area contributed by atoms with Gasteiger partial charge in [0, 0.05) is 29.4 Å². The Hall–Kier alpha value is -2.35. The van der Waals surface area contributed by atoms with Gasteiger partial charge in [0.05, 0.1) is 18.4 Å². The van der Waals surface area contributed by atoms with Gasteiger partial charge in [-0.2, -0.15) is 0 Å². The van der Waals surface area contributed by atoms with E-state index in [9.17, 15) is 4.79 Å². The molecule has 1 fully saturated rings. The molecule has 0 aliphatic carbocycles. The zero-order valence-corrected chi connectivity index (χ0v) is 19.3. The molecule has 6 nitrogen and oxygen atoms in total. The summed E-state index contributed by atoms with van der Waals surface area (Å²) >= 11 is 7.51. The number of aryl methyl sites for hydroxylation is 1. The van der Waals surface area contributed by atoms with Crippen molar-refractivity contribution in [3.63, 3.8) is 0 Å². The van der Waals surface area contributed by atoms with E-state index in [4.69, 9.17) is 16.3 Å². The van der Waals surface area contributed by atoms with Gasteiger partial charge in [0.25, 0.3) is 0 Å². The smallest absolute Gasteiger partial charge is 0.237 e. The molecule has 3 heterocycles. The first kappa shape index (κ1) is 21.5. The lowest BCUT2D eigenvalue weighted by Crippen LogP contribution is -2.36. The maximum absolute atomic E-state index is 13.1. The number of hydrogen-bond acceptors (Lipinski definition) is 5. The topological polar surface area (TPSA) is 60.3 Å². The summed E-state index contributed by atoms with van der Waals surface area (Å²) in [5, 5.41) is 10.3. The highest BCUT2D eigenvalue weighted by Gasteiger charge is 2.25. The normalized spacial score (nSPS) is 18.0. The molecular formula is C24H25ClN4O2S. The van der Waals surface area contributed by atoms with Crippen molar-refractivity contribution in [3.8, 4) is 11.4 Å². The van der Waals surface area contributed by atoms with Crippen molar-refractivity contribution in [1.82, 2.24) is 14.8 Å². The molecule has 1 saturated heterocycles. The van der Waals surface area contributed by atoms with Crippen LogP contribution in [0.2, 0.25) is 5.02 Å². The average molecular weight is 469 g/mol. The van der Waals surface area contributed by atoms with Crippen molar-refractivity contribution >= 4 is 35.0 Å². The molecule has 5 rings (SSSR count). The van der Waals surface area contributed by atoms with Crippen LogP contribution < -0.4 is 4.90 Å². The number of halogens is 1. The van der Waals surface area contributed by atoms with Crippen molar-refractivity contribution < 1.29 is 9.53 Å². The Morgan fingerprint density at radius 3 is 2.78 bits per heavy atom. The number of anilines is 1. The highest BCUT2D eigenvalue weighted by molar-refractivity contribution is 7.99. The second kappa shape index (κ2) is 9.65. The molecule has 0 unspecified atom stereocenters. The molecule has 8 heteroatoms. The predicted octanol–water partition coefficient (Wildman–Crippen LogP) is 4.85. The maximum atomic E-state index is 13.1. The Balaban J connectivity index is 1.36. The molecule has 2 aliphatic heterocycles. The Labute approximate surface area is 196 Å². The minimum Gasteiger partial charge on any atom is -0.376 e. The van der Waals surface area contributed by atoms with Gasteiger partial charge in [-0.05, 0) is 61.6 Å². The number of aromatic nitrogens is 3. The SMILES string of the molecule is O=C(CSc1nnc(-c2ccc(Cl)cc2)n1C[C@H]1CCCO1)N1CCCc2ccccc21. The zero-order valence-electron chi connectivity index (χ0n) is 17.7. The van der Waals surface area contributed by atoms with Gasteiger partial charge in [-0.3, -0.25) is 9.36 Å². The highest BCUT2D eigenvalue weighted by atomic mass is 35.5. The fraction of sp³-hybridized carbons (Fsp3) is 0.375. The average Bonchev–Trinajstić information content (AvgIpc) is 3.48. The van der Waals surface area contributed by atoms with Gasteiger partial charge in [-0.1, -0.05) is 41.6 Å². The van der Waals surface area contributed by atoms with E-state index in [-0.39, 0.29) is 12.0 Å². The second-order valence-electron chi connectivity index (χ2n) is 8.13. The summed E-state index contributed by atoms with van der Waals surface area (Å²) in [5.74, 6) is 1.19. The van der Waals surface area contributed by atoms with Crippen LogP contribution in [0.15, 0.2) is 53.7 Å². The van der Waals surface area contributed by atoms with Crippen LogP contribution in [-0.4, -0.2) is 45.7 Å². The van der Waals surface area contributed by atoms with E-state index in [2.05, 4.69) is 20.8 Å². The first-order valence-electron chi connectivity index (χ1n) is 11.0. The Kier molecular flexibility index (Phi) is 6.48. The first-order valence-corrected chi connectivity index (χ1v) is 12.4. The van der Waals surface area contributed by atoms with E-state index in [0.717, 1.165) is 61.1 Å². The third kappa shape index (κ3) is 4.56. The molecule has 2 aromatic carbocycles. The van der Waals surface area contributed by atoms with Gasteiger partial charge in [0.15, 0.2) is 11.0 Å². The number of rotatable bonds is 6. The number of fused-ring (bicyclic) bond motifs is 1. The van der Waals surface area contributed by atoms with Gasteiger partial charge in [0.2, 0.25) is 5.91 Å². The third-order valence-corrected chi connectivity index (χ3v) is 7.17. The van der Waals surface area contributed by atoms with Crippen LogP contribution in [0.25, 0.3) is 11.4 Å². The number of carbonyl (C=O) groups excluding carboxylic acids is 1. The maximum Gasteiger partial charge on any atom is 0.237 e. The minimum absolute atomic E-state index is 0.0989. The molecule has 0 saturated carbocycles. The summed E-state index contributed by atoms with van der Waals surface area (Å²) in [6.07, 6.45) is 4.24. The number of thioether (sulfide) groups is 1. The van der Waals surface area contributed by atoms with Crippen molar-refractivity contribution in [3.05, 3.63) is 59.1 Å². The van der Waals surface area contributed by atoms with Crippen LogP contribution in [-0.2, 0) is 22.5 Å². The standard InChI is InChI=1S/C24H25ClN4O2S/c25-19-11-9-18(10-12-19)23-26-27-24(29(23)15-20-7-4-14-31-20)32-16-22(30)28-13-3-6-17-5-1-2-8-21(17)28/h1-2,5,8-12,20H,3-4,6-7,13-16H2/t20-/m1/s1. The molecule has 1 atom stereocenters. The fourth-order valence-corrected chi connectivity index (χ4v) is 5.31. The van der Waals surface area contributed by atoms with Crippen LogP contribution in [0.1, 0.15) is 24.8 Å². The molecule has 32 heavy (non-hydrogen) atoms. The number of carbonyl (C=O) groups is 1. The van der Waals surface area contributed by atoms with E-state index >= 15 is 0 Å². The van der Waals surface area contributed by atoms with Crippen LogP contribution in [0.3, 0.4) is 0 Å². The summed E-state index contributed by atoms with van der Waals surface area (Å²) in [7, 11) is 0. The fourth-order valence-electron chi connectivity index (χ4n) is 4.36. The van der Waals surface area contributed by atoms with E-state index in [1.165, 1.54) is 17.3 Å². The van der Waals surface area contributed by atoms with Gasteiger partial charge in [-0.25, -0.2) is 0 Å². The molecule has 1 amide bonds.